The molecule has 1 heterocycles. The van der Waals surface area contributed by atoms with Crippen molar-refractivity contribution in [3.63, 3.8) is 0 Å². The molecular formula is C12H16ClFN2O2S. The molecule has 1 aromatic carbocycles. The van der Waals surface area contributed by atoms with Gasteiger partial charge in [0.05, 0.1) is 5.02 Å². The summed E-state index contributed by atoms with van der Waals surface area (Å²) in [7, 11) is -3.87. The first kappa shape index (κ1) is 14.7. The van der Waals surface area contributed by atoms with Crippen molar-refractivity contribution in [1.82, 2.24) is 4.31 Å². The van der Waals surface area contributed by atoms with Crippen molar-refractivity contribution in [3.05, 3.63) is 29.0 Å². The molecule has 1 saturated heterocycles. The minimum atomic E-state index is -3.87. The molecule has 0 amide bonds. The van der Waals surface area contributed by atoms with E-state index in [1.807, 2.05) is 0 Å². The molecule has 0 bridgehead atoms. The molecule has 19 heavy (non-hydrogen) atoms. The Balaban J connectivity index is 2.41. The molecule has 1 aliphatic rings. The van der Waals surface area contributed by atoms with Crippen molar-refractivity contribution in [1.29, 1.82) is 0 Å². The van der Waals surface area contributed by atoms with Crippen LogP contribution in [-0.4, -0.2) is 31.9 Å². The van der Waals surface area contributed by atoms with Gasteiger partial charge in [-0.25, -0.2) is 12.8 Å². The van der Waals surface area contributed by atoms with Crippen molar-refractivity contribution in [2.45, 2.75) is 24.3 Å². The lowest BCUT2D eigenvalue weighted by atomic mass is 10.1. The molecular weight excluding hydrogens is 291 g/mol. The molecule has 1 fully saturated rings. The maximum Gasteiger partial charge on any atom is 0.246 e. The summed E-state index contributed by atoms with van der Waals surface area (Å²) in [6, 6.07) is 3.81. The van der Waals surface area contributed by atoms with Gasteiger partial charge in [0.15, 0.2) is 5.82 Å². The number of nitrogens with two attached hydrogens (primary N) is 1. The minimum Gasteiger partial charge on any atom is -0.330 e. The summed E-state index contributed by atoms with van der Waals surface area (Å²) in [5.74, 6) is -0.778. The highest BCUT2D eigenvalue weighted by molar-refractivity contribution is 7.89. The predicted octanol–water partition coefficient (Wildman–Crippen LogP) is 1.84. The third kappa shape index (κ3) is 2.63. The van der Waals surface area contributed by atoms with Crippen LogP contribution in [0.4, 0.5) is 4.39 Å². The van der Waals surface area contributed by atoms with Crippen LogP contribution in [-0.2, 0) is 10.0 Å². The largest absolute Gasteiger partial charge is 0.330 e. The monoisotopic (exact) mass is 306 g/mol. The van der Waals surface area contributed by atoms with E-state index in [2.05, 4.69) is 0 Å². The van der Waals surface area contributed by atoms with Gasteiger partial charge in [-0.1, -0.05) is 17.7 Å². The Bertz CT molecular complexity index is 579. The van der Waals surface area contributed by atoms with E-state index < -0.39 is 15.8 Å². The topological polar surface area (TPSA) is 63.4 Å². The van der Waals surface area contributed by atoms with Crippen LogP contribution in [0.5, 0.6) is 0 Å². The molecule has 0 aliphatic carbocycles. The molecule has 4 nitrogen and oxygen atoms in total. The van der Waals surface area contributed by atoms with Crippen LogP contribution in [0.25, 0.3) is 0 Å². The SMILES string of the molecule is CC1CC(CN)CN1S(=O)(=O)c1cccc(Cl)c1F. The van der Waals surface area contributed by atoms with E-state index in [9.17, 15) is 12.8 Å². The maximum atomic E-state index is 13.9. The molecule has 1 aliphatic heterocycles. The Morgan fingerprint density at radius 3 is 2.79 bits per heavy atom. The summed E-state index contributed by atoms with van der Waals surface area (Å²) < 4.78 is 40.1. The van der Waals surface area contributed by atoms with E-state index in [-0.39, 0.29) is 21.9 Å². The van der Waals surface area contributed by atoms with E-state index in [0.29, 0.717) is 19.5 Å². The maximum absolute atomic E-state index is 13.9. The van der Waals surface area contributed by atoms with E-state index in [0.717, 1.165) is 0 Å². The summed E-state index contributed by atoms with van der Waals surface area (Å²) >= 11 is 5.64. The van der Waals surface area contributed by atoms with Crippen LogP contribution >= 0.6 is 11.6 Å². The van der Waals surface area contributed by atoms with Crippen LogP contribution < -0.4 is 5.73 Å². The first-order valence-electron chi connectivity index (χ1n) is 6.04. The highest BCUT2D eigenvalue weighted by Crippen LogP contribution is 2.31. The Hall–Kier alpha value is -0.690. The van der Waals surface area contributed by atoms with E-state index in [4.69, 9.17) is 17.3 Å². The molecule has 0 radical (unpaired) electrons. The van der Waals surface area contributed by atoms with Crippen LogP contribution in [0.1, 0.15) is 13.3 Å². The number of benzene rings is 1. The van der Waals surface area contributed by atoms with E-state index in [1.54, 1.807) is 6.92 Å². The number of rotatable bonds is 3. The highest BCUT2D eigenvalue weighted by atomic mass is 35.5. The first-order chi connectivity index (χ1) is 8.87. The number of nitrogens with zero attached hydrogens (tertiary/aromatic N) is 1. The van der Waals surface area contributed by atoms with Gasteiger partial charge in [-0.15, -0.1) is 0 Å². The molecule has 0 aromatic heterocycles. The molecule has 2 rings (SSSR count). The van der Waals surface area contributed by atoms with Crippen LogP contribution in [0, 0.1) is 11.7 Å². The van der Waals surface area contributed by atoms with E-state index in [1.165, 1.54) is 22.5 Å². The zero-order valence-corrected chi connectivity index (χ0v) is 12.1. The fourth-order valence-corrected chi connectivity index (χ4v) is 4.46. The van der Waals surface area contributed by atoms with E-state index >= 15 is 0 Å². The lowest BCUT2D eigenvalue weighted by Gasteiger charge is -2.21. The van der Waals surface area contributed by atoms with Gasteiger partial charge in [0.2, 0.25) is 10.0 Å². The smallest absolute Gasteiger partial charge is 0.246 e. The van der Waals surface area contributed by atoms with Gasteiger partial charge in [0, 0.05) is 12.6 Å². The van der Waals surface area contributed by atoms with Crippen molar-refractivity contribution >= 4 is 21.6 Å². The molecule has 2 atom stereocenters. The number of halogens is 2. The quantitative estimate of drug-likeness (QED) is 0.927. The zero-order chi connectivity index (χ0) is 14.2. The second-order valence-corrected chi connectivity index (χ2v) is 7.08. The fourth-order valence-electron chi connectivity index (χ4n) is 2.42. The summed E-state index contributed by atoms with van der Waals surface area (Å²) in [4.78, 5) is -0.371. The molecule has 106 valence electrons. The standard InChI is InChI=1S/C12H16ClFN2O2S/c1-8-5-9(6-15)7-16(8)19(17,18)11-4-2-3-10(13)12(11)14/h2-4,8-9H,5-7,15H2,1H3. The second-order valence-electron chi connectivity index (χ2n) is 4.81. The Morgan fingerprint density at radius 1 is 1.53 bits per heavy atom. The third-order valence-corrected chi connectivity index (χ3v) is 5.73. The van der Waals surface area contributed by atoms with Gasteiger partial charge in [0.25, 0.3) is 0 Å². The molecule has 2 N–H and O–H groups in total. The van der Waals surface area contributed by atoms with Gasteiger partial charge in [-0.3, -0.25) is 0 Å². The molecule has 2 unspecified atom stereocenters. The average Bonchev–Trinajstić information content (AvgIpc) is 2.74. The van der Waals surface area contributed by atoms with Crippen molar-refractivity contribution in [2.24, 2.45) is 11.7 Å². The second kappa shape index (κ2) is 5.36. The average molecular weight is 307 g/mol. The Morgan fingerprint density at radius 2 is 2.21 bits per heavy atom. The van der Waals surface area contributed by atoms with Gasteiger partial charge < -0.3 is 5.73 Å². The first-order valence-corrected chi connectivity index (χ1v) is 7.85. The van der Waals surface area contributed by atoms with Crippen molar-refractivity contribution < 1.29 is 12.8 Å². The third-order valence-electron chi connectivity index (χ3n) is 3.44. The Labute approximate surface area is 117 Å². The number of hydrogen-bond acceptors (Lipinski definition) is 3. The van der Waals surface area contributed by atoms with Crippen LogP contribution in [0.3, 0.4) is 0 Å². The van der Waals surface area contributed by atoms with Crippen molar-refractivity contribution in [2.75, 3.05) is 13.1 Å². The summed E-state index contributed by atoms with van der Waals surface area (Å²) in [6.07, 6.45) is 0.692. The zero-order valence-electron chi connectivity index (χ0n) is 10.5. The molecule has 1 aromatic rings. The van der Waals surface area contributed by atoms with Gasteiger partial charge in [-0.05, 0) is 37.9 Å². The molecule has 7 heteroatoms. The predicted molar refractivity (Wildman–Crippen MR) is 71.9 cm³/mol. The van der Waals surface area contributed by atoms with Crippen molar-refractivity contribution in [3.8, 4) is 0 Å². The van der Waals surface area contributed by atoms with Crippen LogP contribution in [0.15, 0.2) is 23.1 Å². The minimum absolute atomic E-state index is 0.118. The number of hydrogen-bond donors (Lipinski definition) is 1. The lowest BCUT2D eigenvalue weighted by molar-refractivity contribution is 0.401. The summed E-state index contributed by atoms with van der Waals surface area (Å²) in [5, 5.41) is -0.191. The van der Waals surface area contributed by atoms with Gasteiger partial charge >= 0.3 is 0 Å². The van der Waals surface area contributed by atoms with Crippen LogP contribution in [0.2, 0.25) is 5.02 Å². The summed E-state index contributed by atoms with van der Waals surface area (Å²) in [5.41, 5.74) is 5.58. The Kier molecular flexibility index (Phi) is 4.15. The number of sulfonamides is 1. The molecule has 0 spiro atoms. The molecule has 0 saturated carbocycles. The van der Waals surface area contributed by atoms with Gasteiger partial charge in [0.1, 0.15) is 4.90 Å². The highest BCUT2D eigenvalue weighted by Gasteiger charge is 2.38. The fraction of sp³-hybridized carbons (Fsp3) is 0.500. The summed E-state index contributed by atoms with van der Waals surface area (Å²) in [6.45, 7) is 2.55. The normalized spacial score (nSPS) is 24.8. The lowest BCUT2D eigenvalue weighted by Crippen LogP contribution is -2.35. The van der Waals surface area contributed by atoms with Gasteiger partial charge in [-0.2, -0.15) is 4.31 Å².